The number of halogens is 4. The number of hydrogen-bond acceptors (Lipinski definition) is 5. The van der Waals surface area contributed by atoms with E-state index in [1.807, 2.05) is 5.32 Å². The van der Waals surface area contributed by atoms with E-state index in [0.29, 0.717) is 12.1 Å². The zero-order chi connectivity index (χ0) is 19.4. The summed E-state index contributed by atoms with van der Waals surface area (Å²) in [6.07, 6.45) is -5.81. The lowest BCUT2D eigenvalue weighted by Crippen LogP contribution is -2.35. The van der Waals surface area contributed by atoms with Crippen LogP contribution in [0.25, 0.3) is 0 Å². The third kappa shape index (κ3) is 6.18. The molecule has 0 aromatic heterocycles. The van der Waals surface area contributed by atoms with Gasteiger partial charge in [0.05, 0.1) is 29.1 Å². The van der Waals surface area contributed by atoms with Gasteiger partial charge in [-0.05, 0) is 13.8 Å². The minimum atomic E-state index is -4.50. The van der Waals surface area contributed by atoms with E-state index in [1.165, 1.54) is 13.8 Å². The third-order valence-corrected chi connectivity index (χ3v) is 3.09. The van der Waals surface area contributed by atoms with Crippen molar-refractivity contribution in [1.29, 1.82) is 0 Å². The summed E-state index contributed by atoms with van der Waals surface area (Å²) >= 11 is 0. The maximum absolute atomic E-state index is 14.1. The van der Waals surface area contributed by atoms with E-state index in [2.05, 4.69) is 5.32 Å². The molecule has 0 fully saturated rings. The number of hydrogen-bond donors (Lipinski definition) is 3. The summed E-state index contributed by atoms with van der Waals surface area (Å²) in [4.78, 5) is 22.0. The van der Waals surface area contributed by atoms with Crippen LogP contribution in [0.4, 0.5) is 28.9 Å². The molecule has 25 heavy (non-hydrogen) atoms. The van der Waals surface area contributed by atoms with Crippen molar-refractivity contribution >= 4 is 17.3 Å². The molecule has 3 N–H and O–H groups in total. The lowest BCUT2D eigenvalue weighted by molar-refractivity contribution is -0.384. The standard InChI is InChI=1S/C14H17F4N3O4/c1-13(2,7-22)20-10-6-9(15)8(5-11(10)21(24)25)12(23)19-4-3-14(16,17)18/h5-6,20,22H,3-4,7H2,1-2H3,(H,19,23). The van der Waals surface area contributed by atoms with Crippen molar-refractivity contribution in [2.24, 2.45) is 0 Å². The van der Waals surface area contributed by atoms with Crippen LogP contribution >= 0.6 is 0 Å². The van der Waals surface area contributed by atoms with Gasteiger partial charge in [0.2, 0.25) is 0 Å². The Morgan fingerprint density at radius 1 is 1.32 bits per heavy atom. The summed E-state index contributed by atoms with van der Waals surface area (Å²) < 4.78 is 50.3. The Kier molecular flexibility index (Phi) is 6.30. The van der Waals surface area contributed by atoms with Crippen LogP contribution in [-0.2, 0) is 0 Å². The smallest absolute Gasteiger partial charge is 0.390 e. The van der Waals surface area contributed by atoms with Crippen molar-refractivity contribution in [3.05, 3.63) is 33.6 Å². The maximum atomic E-state index is 14.1. The summed E-state index contributed by atoms with van der Waals surface area (Å²) in [5.41, 5.74) is -2.67. The van der Waals surface area contributed by atoms with Gasteiger partial charge in [0, 0.05) is 18.7 Å². The van der Waals surface area contributed by atoms with Crippen LogP contribution in [0.2, 0.25) is 0 Å². The highest BCUT2D eigenvalue weighted by atomic mass is 19.4. The zero-order valence-corrected chi connectivity index (χ0v) is 13.4. The maximum Gasteiger partial charge on any atom is 0.390 e. The van der Waals surface area contributed by atoms with E-state index in [-0.39, 0.29) is 5.69 Å². The van der Waals surface area contributed by atoms with Crippen molar-refractivity contribution in [1.82, 2.24) is 5.32 Å². The monoisotopic (exact) mass is 367 g/mol. The molecule has 1 rings (SSSR count). The number of aliphatic hydroxyl groups excluding tert-OH is 1. The third-order valence-electron chi connectivity index (χ3n) is 3.09. The summed E-state index contributed by atoms with van der Waals surface area (Å²) in [5, 5.41) is 24.7. The quantitative estimate of drug-likeness (QED) is 0.390. The number of carbonyl (C=O) groups is 1. The fourth-order valence-electron chi connectivity index (χ4n) is 1.80. The number of nitro benzene ring substituents is 1. The second-order valence-corrected chi connectivity index (χ2v) is 5.89. The molecule has 0 radical (unpaired) electrons. The molecule has 0 aliphatic carbocycles. The van der Waals surface area contributed by atoms with Crippen LogP contribution in [0.15, 0.2) is 12.1 Å². The molecule has 11 heteroatoms. The van der Waals surface area contributed by atoms with E-state index in [0.717, 1.165) is 0 Å². The van der Waals surface area contributed by atoms with E-state index in [9.17, 15) is 37.6 Å². The van der Waals surface area contributed by atoms with Gasteiger partial charge >= 0.3 is 6.18 Å². The topological polar surface area (TPSA) is 104 Å². The Balaban J connectivity index is 3.08. The number of anilines is 1. The average Bonchev–Trinajstić information content (AvgIpc) is 2.45. The number of nitrogens with one attached hydrogen (secondary N) is 2. The number of aliphatic hydroxyl groups is 1. The van der Waals surface area contributed by atoms with Crippen LogP contribution in [0.3, 0.4) is 0 Å². The van der Waals surface area contributed by atoms with Gasteiger partial charge in [-0.2, -0.15) is 13.2 Å². The molecule has 0 aliphatic heterocycles. The zero-order valence-electron chi connectivity index (χ0n) is 13.4. The highest BCUT2D eigenvalue weighted by Gasteiger charge is 2.28. The molecule has 140 valence electrons. The number of nitrogens with zero attached hydrogens (tertiary/aromatic N) is 1. The molecule has 7 nitrogen and oxygen atoms in total. The van der Waals surface area contributed by atoms with Gasteiger partial charge in [0.15, 0.2) is 0 Å². The molecule has 0 atom stereocenters. The first kappa shape index (κ1) is 20.6. The van der Waals surface area contributed by atoms with E-state index < -0.39 is 59.2 Å². The Morgan fingerprint density at radius 2 is 1.92 bits per heavy atom. The predicted molar refractivity (Wildman–Crippen MR) is 80.8 cm³/mol. The highest BCUT2D eigenvalue weighted by Crippen LogP contribution is 2.30. The minimum absolute atomic E-state index is 0.270. The molecule has 0 bridgehead atoms. The second kappa shape index (κ2) is 7.64. The first-order valence-corrected chi connectivity index (χ1v) is 7.08. The van der Waals surface area contributed by atoms with E-state index >= 15 is 0 Å². The van der Waals surface area contributed by atoms with Crippen LogP contribution in [0.1, 0.15) is 30.6 Å². The van der Waals surface area contributed by atoms with Gasteiger partial charge in [-0.3, -0.25) is 14.9 Å². The summed E-state index contributed by atoms with van der Waals surface area (Å²) in [5.74, 6) is -2.34. The Labute approximate surface area is 140 Å². The molecule has 0 unspecified atom stereocenters. The first-order valence-electron chi connectivity index (χ1n) is 7.08. The van der Waals surface area contributed by atoms with Crippen LogP contribution in [0, 0.1) is 15.9 Å². The first-order chi connectivity index (χ1) is 11.4. The molecular formula is C14H17F4N3O4. The Hall–Kier alpha value is -2.43. The summed E-state index contributed by atoms with van der Waals surface area (Å²) in [6.45, 7) is 1.82. The molecular weight excluding hydrogens is 350 g/mol. The molecule has 0 heterocycles. The van der Waals surface area contributed by atoms with E-state index in [4.69, 9.17) is 0 Å². The lowest BCUT2D eigenvalue weighted by atomic mass is 10.0. The number of alkyl halides is 3. The average molecular weight is 367 g/mol. The number of benzene rings is 1. The minimum Gasteiger partial charge on any atom is -0.394 e. The van der Waals surface area contributed by atoms with Crippen LogP contribution < -0.4 is 10.6 Å². The lowest BCUT2D eigenvalue weighted by Gasteiger charge is -2.24. The van der Waals surface area contributed by atoms with Gasteiger partial charge in [-0.15, -0.1) is 0 Å². The van der Waals surface area contributed by atoms with Crippen molar-refractivity contribution in [3.8, 4) is 0 Å². The SMILES string of the molecule is CC(C)(CO)Nc1cc(F)c(C(=O)NCCC(F)(F)F)cc1[N+](=O)[O-]. The molecule has 0 spiro atoms. The normalized spacial score (nSPS) is 12.0. The molecule has 1 aromatic carbocycles. The molecule has 0 saturated heterocycles. The van der Waals surface area contributed by atoms with Crippen molar-refractivity contribution in [3.63, 3.8) is 0 Å². The van der Waals surface area contributed by atoms with E-state index in [1.54, 1.807) is 0 Å². The number of nitro groups is 1. The van der Waals surface area contributed by atoms with Gasteiger partial charge in [-0.1, -0.05) is 0 Å². The predicted octanol–water partition coefficient (Wildman–Crippen LogP) is 2.60. The Bertz CT molecular complexity index is 662. The van der Waals surface area contributed by atoms with Crippen molar-refractivity contribution < 1.29 is 32.4 Å². The van der Waals surface area contributed by atoms with Crippen LogP contribution in [-0.4, -0.2) is 40.8 Å². The molecule has 1 aromatic rings. The van der Waals surface area contributed by atoms with Gasteiger partial charge in [-0.25, -0.2) is 4.39 Å². The largest absolute Gasteiger partial charge is 0.394 e. The fraction of sp³-hybridized carbons (Fsp3) is 0.500. The second-order valence-electron chi connectivity index (χ2n) is 5.89. The molecule has 1 amide bonds. The summed E-state index contributed by atoms with van der Waals surface area (Å²) in [7, 11) is 0. The van der Waals surface area contributed by atoms with Gasteiger partial charge in [0.25, 0.3) is 11.6 Å². The summed E-state index contributed by atoms with van der Waals surface area (Å²) in [6, 6.07) is 1.32. The van der Waals surface area contributed by atoms with Crippen LogP contribution in [0.5, 0.6) is 0 Å². The van der Waals surface area contributed by atoms with Crippen molar-refractivity contribution in [2.45, 2.75) is 32.0 Å². The molecule has 0 aliphatic rings. The number of amides is 1. The fourth-order valence-corrected chi connectivity index (χ4v) is 1.80. The van der Waals surface area contributed by atoms with Crippen molar-refractivity contribution in [2.75, 3.05) is 18.5 Å². The number of rotatable bonds is 7. The number of carbonyl (C=O) groups excluding carboxylic acids is 1. The molecule has 0 saturated carbocycles. The highest BCUT2D eigenvalue weighted by molar-refractivity contribution is 5.96. The van der Waals surface area contributed by atoms with Gasteiger partial charge < -0.3 is 15.7 Å². The Morgan fingerprint density at radius 3 is 2.40 bits per heavy atom. The van der Waals surface area contributed by atoms with Gasteiger partial charge in [0.1, 0.15) is 11.5 Å².